The third-order valence-corrected chi connectivity index (χ3v) is 3.17. The average Bonchev–Trinajstić information content (AvgIpc) is 2.12. The van der Waals surface area contributed by atoms with Crippen LogP contribution in [-0.2, 0) is 0 Å². The Labute approximate surface area is 87.6 Å². The van der Waals surface area contributed by atoms with Crippen LogP contribution in [0.1, 0.15) is 39.0 Å². The van der Waals surface area contributed by atoms with Crippen LogP contribution in [0.15, 0.2) is 0 Å². The lowest BCUT2D eigenvalue weighted by Gasteiger charge is -2.35. The average molecular weight is 194 g/mol. The van der Waals surface area contributed by atoms with Gasteiger partial charge in [-0.1, -0.05) is 25.7 Å². The minimum absolute atomic E-state index is 0.217. The molecule has 1 aliphatic carbocycles. The van der Waals surface area contributed by atoms with Gasteiger partial charge in [0.2, 0.25) is 0 Å². The third kappa shape index (κ3) is 3.01. The van der Waals surface area contributed by atoms with Crippen molar-refractivity contribution >= 4 is 0 Å². The Morgan fingerprint density at radius 1 is 1.57 bits per heavy atom. The Morgan fingerprint density at radius 2 is 2.29 bits per heavy atom. The van der Waals surface area contributed by atoms with Gasteiger partial charge in [-0.2, -0.15) is 0 Å². The van der Waals surface area contributed by atoms with Crippen LogP contribution in [0.3, 0.4) is 0 Å². The standard InChI is InChI=1S/C12H22N2/c1-3-6-11(4-2)14-12(9-13)10-7-5-8-10/h2,10-12,14H,3,5-9,13H2,1H3. The van der Waals surface area contributed by atoms with Crippen LogP contribution in [-0.4, -0.2) is 18.6 Å². The van der Waals surface area contributed by atoms with Gasteiger partial charge in [0.25, 0.3) is 0 Å². The van der Waals surface area contributed by atoms with E-state index in [2.05, 4.69) is 18.2 Å². The van der Waals surface area contributed by atoms with Gasteiger partial charge in [-0.25, -0.2) is 0 Å². The fraction of sp³-hybridized carbons (Fsp3) is 0.833. The number of hydrogen-bond donors (Lipinski definition) is 2. The molecule has 1 saturated carbocycles. The normalized spacial score (nSPS) is 20.9. The first-order valence-electron chi connectivity index (χ1n) is 5.74. The molecule has 0 aromatic heterocycles. The Kier molecular flexibility index (Phi) is 5.00. The van der Waals surface area contributed by atoms with Crippen molar-refractivity contribution in [2.24, 2.45) is 11.7 Å². The molecule has 3 N–H and O–H groups in total. The van der Waals surface area contributed by atoms with Gasteiger partial charge in [0.15, 0.2) is 0 Å². The maximum Gasteiger partial charge on any atom is 0.0689 e. The number of hydrogen-bond acceptors (Lipinski definition) is 2. The van der Waals surface area contributed by atoms with E-state index >= 15 is 0 Å². The molecule has 2 heteroatoms. The van der Waals surface area contributed by atoms with Gasteiger partial charge >= 0.3 is 0 Å². The summed E-state index contributed by atoms with van der Waals surface area (Å²) in [6.45, 7) is 2.87. The molecular formula is C12H22N2. The van der Waals surface area contributed by atoms with Crippen LogP contribution in [0.2, 0.25) is 0 Å². The zero-order valence-electron chi connectivity index (χ0n) is 9.13. The second-order valence-electron chi connectivity index (χ2n) is 4.21. The summed E-state index contributed by atoms with van der Waals surface area (Å²) in [5, 5.41) is 3.50. The molecular weight excluding hydrogens is 172 g/mol. The van der Waals surface area contributed by atoms with Gasteiger partial charge in [0.1, 0.15) is 0 Å². The molecule has 0 aliphatic heterocycles. The van der Waals surface area contributed by atoms with E-state index in [1.54, 1.807) is 0 Å². The first-order chi connectivity index (χ1) is 6.81. The van der Waals surface area contributed by atoms with Crippen molar-refractivity contribution in [2.75, 3.05) is 6.54 Å². The van der Waals surface area contributed by atoms with E-state index in [-0.39, 0.29) is 6.04 Å². The van der Waals surface area contributed by atoms with Crippen molar-refractivity contribution < 1.29 is 0 Å². The van der Waals surface area contributed by atoms with E-state index in [9.17, 15) is 0 Å². The minimum Gasteiger partial charge on any atom is -0.329 e. The smallest absolute Gasteiger partial charge is 0.0689 e. The molecule has 0 aromatic carbocycles. The molecule has 1 aliphatic rings. The van der Waals surface area contributed by atoms with E-state index in [1.807, 2.05) is 0 Å². The second kappa shape index (κ2) is 6.06. The van der Waals surface area contributed by atoms with Crippen molar-refractivity contribution in [3.63, 3.8) is 0 Å². The molecule has 0 bridgehead atoms. The van der Waals surface area contributed by atoms with Gasteiger partial charge < -0.3 is 5.73 Å². The van der Waals surface area contributed by atoms with E-state index < -0.39 is 0 Å². The molecule has 0 heterocycles. The molecule has 1 rings (SSSR count). The summed E-state index contributed by atoms with van der Waals surface area (Å²) in [6.07, 6.45) is 11.6. The topological polar surface area (TPSA) is 38.0 Å². The van der Waals surface area contributed by atoms with Crippen LogP contribution >= 0.6 is 0 Å². The summed E-state index contributed by atoms with van der Waals surface area (Å²) in [5.74, 6) is 3.58. The lowest BCUT2D eigenvalue weighted by molar-refractivity contribution is 0.224. The van der Waals surface area contributed by atoms with Crippen molar-refractivity contribution in [1.29, 1.82) is 0 Å². The Morgan fingerprint density at radius 3 is 2.64 bits per heavy atom. The molecule has 0 radical (unpaired) electrons. The Bertz CT molecular complexity index is 191. The van der Waals surface area contributed by atoms with Crippen LogP contribution in [0.5, 0.6) is 0 Å². The number of rotatable bonds is 6. The monoisotopic (exact) mass is 194 g/mol. The van der Waals surface area contributed by atoms with Crippen LogP contribution < -0.4 is 11.1 Å². The lowest BCUT2D eigenvalue weighted by Crippen LogP contribution is -2.48. The van der Waals surface area contributed by atoms with Crippen molar-refractivity contribution in [2.45, 2.75) is 51.1 Å². The maximum absolute atomic E-state index is 5.75. The SMILES string of the molecule is C#CC(CCC)NC(CN)C1CCC1. The summed E-state index contributed by atoms with van der Waals surface area (Å²) in [6, 6.07) is 0.658. The highest BCUT2D eigenvalue weighted by molar-refractivity contribution is 5.01. The van der Waals surface area contributed by atoms with E-state index in [1.165, 1.54) is 19.3 Å². The fourth-order valence-electron chi connectivity index (χ4n) is 2.00. The lowest BCUT2D eigenvalue weighted by atomic mass is 9.79. The third-order valence-electron chi connectivity index (χ3n) is 3.17. The van der Waals surface area contributed by atoms with Gasteiger partial charge in [0.05, 0.1) is 6.04 Å². The van der Waals surface area contributed by atoms with Crippen LogP contribution in [0.25, 0.3) is 0 Å². The summed E-state index contributed by atoms with van der Waals surface area (Å²) in [7, 11) is 0. The molecule has 0 amide bonds. The molecule has 14 heavy (non-hydrogen) atoms. The van der Waals surface area contributed by atoms with Gasteiger partial charge in [-0.3, -0.25) is 5.32 Å². The largest absolute Gasteiger partial charge is 0.329 e. The molecule has 1 fully saturated rings. The highest BCUT2D eigenvalue weighted by Crippen LogP contribution is 2.29. The second-order valence-corrected chi connectivity index (χ2v) is 4.21. The quantitative estimate of drug-likeness (QED) is 0.629. The van der Waals surface area contributed by atoms with Gasteiger partial charge in [-0.15, -0.1) is 6.42 Å². The zero-order chi connectivity index (χ0) is 10.4. The highest BCUT2D eigenvalue weighted by Gasteiger charge is 2.27. The molecule has 0 spiro atoms. The maximum atomic E-state index is 5.75. The number of terminal acetylenes is 1. The van der Waals surface area contributed by atoms with Crippen LogP contribution in [0.4, 0.5) is 0 Å². The van der Waals surface area contributed by atoms with E-state index in [0.29, 0.717) is 12.6 Å². The zero-order valence-corrected chi connectivity index (χ0v) is 9.13. The van der Waals surface area contributed by atoms with Gasteiger partial charge in [0, 0.05) is 12.6 Å². The predicted molar refractivity (Wildman–Crippen MR) is 60.8 cm³/mol. The molecule has 0 aromatic rings. The summed E-state index contributed by atoms with van der Waals surface area (Å²) >= 11 is 0. The van der Waals surface area contributed by atoms with Crippen molar-refractivity contribution in [3.8, 4) is 12.3 Å². The van der Waals surface area contributed by atoms with Crippen molar-refractivity contribution in [1.82, 2.24) is 5.32 Å². The summed E-state index contributed by atoms with van der Waals surface area (Å²) in [4.78, 5) is 0. The molecule has 2 unspecified atom stereocenters. The van der Waals surface area contributed by atoms with E-state index in [0.717, 1.165) is 18.8 Å². The number of nitrogens with two attached hydrogens (primary N) is 1. The summed E-state index contributed by atoms with van der Waals surface area (Å²) < 4.78 is 0. The number of nitrogens with one attached hydrogen (secondary N) is 1. The predicted octanol–water partition coefficient (Wildman–Crippen LogP) is 1.51. The van der Waals surface area contributed by atoms with Crippen molar-refractivity contribution in [3.05, 3.63) is 0 Å². The minimum atomic E-state index is 0.217. The first kappa shape index (κ1) is 11.6. The summed E-state index contributed by atoms with van der Waals surface area (Å²) in [5.41, 5.74) is 5.75. The fourth-order valence-corrected chi connectivity index (χ4v) is 2.00. The molecule has 0 saturated heterocycles. The van der Waals surface area contributed by atoms with Crippen LogP contribution in [0, 0.1) is 18.3 Å². The molecule has 2 nitrogen and oxygen atoms in total. The molecule has 2 atom stereocenters. The van der Waals surface area contributed by atoms with Gasteiger partial charge in [-0.05, 0) is 25.2 Å². The Hall–Kier alpha value is -0.520. The first-order valence-corrected chi connectivity index (χ1v) is 5.74. The van der Waals surface area contributed by atoms with E-state index in [4.69, 9.17) is 12.2 Å². The Balaban J connectivity index is 2.33. The highest BCUT2D eigenvalue weighted by atomic mass is 15.0. The molecule has 80 valence electrons.